The summed E-state index contributed by atoms with van der Waals surface area (Å²) in [4.78, 5) is 11.9. The monoisotopic (exact) mass is 503 g/mol. The van der Waals surface area contributed by atoms with E-state index in [2.05, 4.69) is 60.6 Å². The molecule has 170 valence electrons. The molecule has 10 heteroatoms. The normalized spacial score (nSPS) is 10.7. The molecule has 0 saturated heterocycles. The number of halogens is 1. The highest BCUT2D eigenvalue weighted by Crippen LogP contribution is 2.37. The molecule has 1 amide bonds. The molecular weight excluding hydrogens is 478 g/mol. The first kappa shape index (κ1) is 23.6. The smallest absolute Gasteiger partial charge is 0.277 e. The number of hydrogen-bond donors (Lipinski definition) is 3. The van der Waals surface area contributed by atoms with Gasteiger partial charge in [-0.25, -0.2) is 4.63 Å². The number of nitrogen functional groups attached to an aromatic ring is 1. The number of nitrogens with zero attached hydrogens (tertiary/aromatic N) is 2. The van der Waals surface area contributed by atoms with E-state index >= 15 is 0 Å². The van der Waals surface area contributed by atoms with Gasteiger partial charge in [-0.05, 0) is 63.4 Å². The molecule has 0 atom stereocenters. The molecule has 1 aromatic heterocycles. The largest absolute Gasteiger partial charge is 0.490 e. The summed E-state index contributed by atoms with van der Waals surface area (Å²) in [6.45, 7) is 6.48. The second-order valence-corrected chi connectivity index (χ2v) is 7.90. The van der Waals surface area contributed by atoms with Crippen LogP contribution in [0.15, 0.2) is 45.5 Å². The van der Waals surface area contributed by atoms with Crippen molar-refractivity contribution >= 4 is 27.7 Å². The minimum Gasteiger partial charge on any atom is -0.490 e. The van der Waals surface area contributed by atoms with E-state index in [0.29, 0.717) is 44.3 Å². The predicted molar refractivity (Wildman–Crippen MR) is 124 cm³/mol. The lowest BCUT2D eigenvalue weighted by Crippen LogP contribution is -2.32. The topological polar surface area (TPSA) is 125 Å². The number of amides is 1. The van der Waals surface area contributed by atoms with Crippen molar-refractivity contribution < 1.29 is 18.9 Å². The standard InChI is InChI=1S/C22H26BrN5O4/c1-3-30-18-11-16(12-25-8-9-26-22(29)19-21(24)28-32-27-19)10-17(23)20(18)31-13-15-6-4-14(2)5-7-15/h4-7,10-11,25H,3,8-9,12-13H2,1-2H3,(H2,24,28)(H,26,29). The Kier molecular flexibility index (Phi) is 8.46. The fourth-order valence-corrected chi connectivity index (χ4v) is 3.50. The summed E-state index contributed by atoms with van der Waals surface area (Å²) in [7, 11) is 0. The average Bonchev–Trinajstić information content (AvgIpc) is 3.20. The highest BCUT2D eigenvalue weighted by atomic mass is 79.9. The lowest BCUT2D eigenvalue weighted by molar-refractivity contribution is 0.0944. The van der Waals surface area contributed by atoms with E-state index in [1.807, 2.05) is 31.2 Å². The van der Waals surface area contributed by atoms with Crippen molar-refractivity contribution in [3.63, 3.8) is 0 Å². The summed E-state index contributed by atoms with van der Waals surface area (Å²) >= 11 is 3.60. The van der Waals surface area contributed by atoms with Gasteiger partial charge in [-0.2, -0.15) is 0 Å². The van der Waals surface area contributed by atoms with Crippen LogP contribution >= 0.6 is 15.9 Å². The number of hydrogen-bond acceptors (Lipinski definition) is 8. The Labute approximate surface area is 194 Å². The number of nitrogens with two attached hydrogens (primary N) is 1. The van der Waals surface area contributed by atoms with Crippen molar-refractivity contribution in [2.24, 2.45) is 0 Å². The minimum absolute atomic E-state index is 0.0171. The van der Waals surface area contributed by atoms with Crippen molar-refractivity contribution in [1.29, 1.82) is 0 Å². The summed E-state index contributed by atoms with van der Waals surface area (Å²) in [6.07, 6.45) is 0. The minimum atomic E-state index is -0.429. The zero-order valence-corrected chi connectivity index (χ0v) is 19.6. The van der Waals surface area contributed by atoms with Crippen LogP contribution in [0, 0.1) is 6.92 Å². The van der Waals surface area contributed by atoms with Gasteiger partial charge in [0, 0.05) is 19.6 Å². The van der Waals surface area contributed by atoms with Gasteiger partial charge in [-0.1, -0.05) is 29.8 Å². The van der Waals surface area contributed by atoms with Gasteiger partial charge in [0.15, 0.2) is 11.5 Å². The van der Waals surface area contributed by atoms with Gasteiger partial charge in [0.2, 0.25) is 11.5 Å². The van der Waals surface area contributed by atoms with Crippen molar-refractivity contribution in [2.45, 2.75) is 27.0 Å². The second kappa shape index (κ2) is 11.5. The van der Waals surface area contributed by atoms with Crippen LogP contribution in [0.2, 0.25) is 0 Å². The molecule has 2 aromatic carbocycles. The molecule has 4 N–H and O–H groups in total. The van der Waals surface area contributed by atoms with Gasteiger partial charge >= 0.3 is 0 Å². The quantitative estimate of drug-likeness (QED) is 0.340. The Hall–Kier alpha value is -3.11. The Morgan fingerprint density at radius 2 is 1.91 bits per heavy atom. The summed E-state index contributed by atoms with van der Waals surface area (Å²) in [5, 5.41) is 12.8. The molecule has 0 spiro atoms. The Balaban J connectivity index is 1.53. The second-order valence-electron chi connectivity index (χ2n) is 7.04. The molecule has 3 aromatic rings. The zero-order valence-electron chi connectivity index (χ0n) is 18.0. The first-order valence-electron chi connectivity index (χ1n) is 10.2. The molecular formula is C22H26BrN5O4. The summed E-state index contributed by atoms with van der Waals surface area (Å²) in [5.41, 5.74) is 8.79. The number of rotatable bonds is 11. The number of benzene rings is 2. The fraction of sp³-hybridized carbons (Fsp3) is 0.318. The predicted octanol–water partition coefficient (Wildman–Crippen LogP) is 3.22. The van der Waals surface area contributed by atoms with E-state index in [4.69, 9.17) is 15.2 Å². The Bertz CT molecular complexity index is 1040. The van der Waals surface area contributed by atoms with Crippen LogP contribution < -0.4 is 25.8 Å². The molecule has 9 nitrogen and oxygen atoms in total. The van der Waals surface area contributed by atoms with Crippen molar-refractivity contribution in [1.82, 2.24) is 20.9 Å². The van der Waals surface area contributed by atoms with Crippen LogP contribution in [0.4, 0.5) is 5.82 Å². The van der Waals surface area contributed by atoms with E-state index < -0.39 is 5.91 Å². The van der Waals surface area contributed by atoms with Gasteiger partial charge < -0.3 is 25.8 Å². The van der Waals surface area contributed by atoms with Crippen molar-refractivity contribution in [3.8, 4) is 11.5 Å². The van der Waals surface area contributed by atoms with Gasteiger partial charge in [-0.3, -0.25) is 4.79 Å². The van der Waals surface area contributed by atoms with E-state index in [9.17, 15) is 4.79 Å². The first-order chi connectivity index (χ1) is 15.5. The fourth-order valence-electron chi connectivity index (χ4n) is 2.90. The van der Waals surface area contributed by atoms with Crippen LogP contribution in [-0.2, 0) is 13.2 Å². The summed E-state index contributed by atoms with van der Waals surface area (Å²) in [6, 6.07) is 12.2. The maximum atomic E-state index is 11.9. The molecule has 0 bridgehead atoms. The van der Waals surface area contributed by atoms with Crippen LogP contribution in [0.25, 0.3) is 0 Å². The molecule has 0 aliphatic rings. The first-order valence-corrected chi connectivity index (χ1v) is 11.0. The lowest BCUT2D eigenvalue weighted by atomic mass is 10.1. The number of nitrogens with one attached hydrogen (secondary N) is 2. The van der Waals surface area contributed by atoms with Crippen LogP contribution in [0.3, 0.4) is 0 Å². The van der Waals surface area contributed by atoms with Crippen molar-refractivity contribution in [2.75, 3.05) is 25.4 Å². The third kappa shape index (κ3) is 6.44. The van der Waals surface area contributed by atoms with Gasteiger partial charge in [0.25, 0.3) is 5.91 Å². The number of aromatic nitrogens is 2. The van der Waals surface area contributed by atoms with E-state index in [1.165, 1.54) is 5.56 Å². The molecule has 0 aliphatic carbocycles. The highest BCUT2D eigenvalue weighted by molar-refractivity contribution is 9.10. The van der Waals surface area contributed by atoms with E-state index in [0.717, 1.165) is 15.6 Å². The van der Waals surface area contributed by atoms with Crippen LogP contribution in [0.5, 0.6) is 11.5 Å². The Morgan fingerprint density at radius 1 is 1.12 bits per heavy atom. The summed E-state index contributed by atoms with van der Waals surface area (Å²) < 4.78 is 17.1. The third-order valence-corrected chi connectivity index (χ3v) is 5.11. The molecule has 0 radical (unpaired) electrons. The molecule has 0 saturated carbocycles. The highest BCUT2D eigenvalue weighted by Gasteiger charge is 2.15. The number of carbonyl (C=O) groups excluding carboxylic acids is 1. The maximum absolute atomic E-state index is 11.9. The van der Waals surface area contributed by atoms with Crippen LogP contribution in [0.1, 0.15) is 34.1 Å². The maximum Gasteiger partial charge on any atom is 0.277 e. The molecule has 3 rings (SSSR count). The number of carbonyl (C=O) groups is 1. The molecule has 0 unspecified atom stereocenters. The number of ether oxygens (including phenoxy) is 2. The van der Waals surface area contributed by atoms with Crippen LogP contribution in [-0.4, -0.2) is 35.9 Å². The Morgan fingerprint density at radius 3 is 2.59 bits per heavy atom. The molecule has 32 heavy (non-hydrogen) atoms. The van der Waals surface area contributed by atoms with Gasteiger partial charge in [0.05, 0.1) is 11.1 Å². The molecule has 1 heterocycles. The SMILES string of the molecule is CCOc1cc(CNCCNC(=O)c2nonc2N)cc(Br)c1OCc1ccc(C)cc1. The third-order valence-electron chi connectivity index (χ3n) is 4.52. The van der Waals surface area contributed by atoms with Gasteiger partial charge in [-0.15, -0.1) is 0 Å². The number of anilines is 1. The molecule has 0 aliphatic heterocycles. The van der Waals surface area contributed by atoms with E-state index in [1.54, 1.807) is 0 Å². The van der Waals surface area contributed by atoms with Crippen molar-refractivity contribution in [3.05, 3.63) is 63.3 Å². The summed E-state index contributed by atoms with van der Waals surface area (Å²) in [5.74, 6) is 0.880. The molecule has 0 fully saturated rings. The lowest BCUT2D eigenvalue weighted by Gasteiger charge is -2.16. The van der Waals surface area contributed by atoms with E-state index in [-0.39, 0.29) is 11.5 Å². The number of aryl methyl sites for hydroxylation is 1. The zero-order chi connectivity index (χ0) is 22.9. The average molecular weight is 504 g/mol. The van der Waals surface area contributed by atoms with Gasteiger partial charge in [0.1, 0.15) is 6.61 Å².